The number of benzene rings is 1. The number of nitrogen functional groups attached to an aromatic ring is 1. The number of carbonyl (C=O) groups excluding carboxylic acids is 2. The maximum atomic E-state index is 11.7. The molecule has 0 bridgehead atoms. The maximum Gasteiger partial charge on any atom is 0.222 e. The molecule has 0 radical (unpaired) electrons. The first-order chi connectivity index (χ1) is 16.0. The number of anilines is 3. The Morgan fingerprint density at radius 1 is 1.12 bits per heavy atom. The van der Waals surface area contributed by atoms with E-state index in [0.717, 1.165) is 81.0 Å². The van der Waals surface area contributed by atoms with Crippen molar-refractivity contribution in [2.45, 2.75) is 33.2 Å². The lowest BCUT2D eigenvalue weighted by Gasteiger charge is -2.34. The highest BCUT2D eigenvalue weighted by Gasteiger charge is 2.15. The molecular formula is C24H33N7O2. The van der Waals surface area contributed by atoms with Crippen molar-refractivity contribution >= 4 is 36.3 Å². The van der Waals surface area contributed by atoms with Crippen molar-refractivity contribution in [2.24, 2.45) is 0 Å². The third-order valence-electron chi connectivity index (χ3n) is 5.71. The summed E-state index contributed by atoms with van der Waals surface area (Å²) in [5.74, 6) is 0.916. The number of hydrogen-bond acceptors (Lipinski definition) is 7. The fourth-order valence-electron chi connectivity index (χ4n) is 3.67. The van der Waals surface area contributed by atoms with Crippen molar-refractivity contribution in [2.75, 3.05) is 48.7 Å². The van der Waals surface area contributed by atoms with E-state index in [4.69, 9.17) is 5.73 Å². The molecule has 33 heavy (non-hydrogen) atoms. The quantitative estimate of drug-likeness (QED) is 0.399. The van der Waals surface area contributed by atoms with Crippen LogP contribution in [-0.2, 0) is 16.1 Å². The highest BCUT2D eigenvalue weighted by atomic mass is 16.1. The summed E-state index contributed by atoms with van der Waals surface area (Å²) < 4.78 is 0. The summed E-state index contributed by atoms with van der Waals surface area (Å²) in [7, 11) is 0. The van der Waals surface area contributed by atoms with Gasteiger partial charge in [0.05, 0.1) is 5.69 Å². The van der Waals surface area contributed by atoms with Crippen LogP contribution >= 0.6 is 0 Å². The summed E-state index contributed by atoms with van der Waals surface area (Å²) in [6, 6.07) is 8.16. The van der Waals surface area contributed by atoms with Crippen molar-refractivity contribution in [3.63, 3.8) is 0 Å². The Morgan fingerprint density at radius 3 is 2.48 bits per heavy atom. The number of nitrogens with zero attached hydrogens (tertiary/aromatic N) is 5. The SMILES string of the molecule is CCCCNc1nc(N)nc(/C=C\N(C=O)Cc2ccc(N3CCN(C=O)CC3)cc2)c1C. The van der Waals surface area contributed by atoms with Crippen LogP contribution in [0.15, 0.2) is 30.5 Å². The third kappa shape index (κ3) is 6.68. The van der Waals surface area contributed by atoms with Gasteiger partial charge >= 0.3 is 0 Å². The van der Waals surface area contributed by atoms with Crippen molar-refractivity contribution in [3.8, 4) is 0 Å². The van der Waals surface area contributed by atoms with Crippen LogP contribution < -0.4 is 16.0 Å². The molecule has 1 saturated heterocycles. The smallest absolute Gasteiger partial charge is 0.222 e. The second-order valence-electron chi connectivity index (χ2n) is 8.11. The van der Waals surface area contributed by atoms with Gasteiger partial charge in [0, 0.05) is 56.7 Å². The van der Waals surface area contributed by atoms with E-state index in [9.17, 15) is 9.59 Å². The molecule has 9 heteroatoms. The van der Waals surface area contributed by atoms with Gasteiger partial charge in [0.1, 0.15) is 5.82 Å². The Hall–Kier alpha value is -3.62. The van der Waals surface area contributed by atoms with E-state index < -0.39 is 0 Å². The first-order valence-electron chi connectivity index (χ1n) is 11.3. The molecule has 9 nitrogen and oxygen atoms in total. The Morgan fingerprint density at radius 2 is 1.85 bits per heavy atom. The molecule has 0 saturated carbocycles. The molecule has 1 fully saturated rings. The van der Waals surface area contributed by atoms with Gasteiger partial charge in [-0.25, -0.2) is 4.98 Å². The topological polar surface area (TPSA) is 108 Å². The van der Waals surface area contributed by atoms with Gasteiger partial charge in [-0.2, -0.15) is 4.98 Å². The fraction of sp³-hybridized carbons (Fsp3) is 0.417. The number of aromatic nitrogens is 2. The minimum Gasteiger partial charge on any atom is -0.370 e. The number of carbonyl (C=O) groups is 2. The molecule has 1 aliphatic rings. The van der Waals surface area contributed by atoms with E-state index in [-0.39, 0.29) is 5.95 Å². The van der Waals surface area contributed by atoms with Gasteiger partial charge in [-0.15, -0.1) is 0 Å². The Kier molecular flexibility index (Phi) is 8.63. The predicted octanol–water partition coefficient (Wildman–Crippen LogP) is 2.49. The second kappa shape index (κ2) is 11.8. The zero-order valence-electron chi connectivity index (χ0n) is 19.4. The summed E-state index contributed by atoms with van der Waals surface area (Å²) in [4.78, 5) is 36.8. The summed E-state index contributed by atoms with van der Waals surface area (Å²) in [6.07, 6.45) is 7.33. The van der Waals surface area contributed by atoms with Crippen LogP contribution in [0.2, 0.25) is 0 Å². The molecule has 176 valence electrons. The van der Waals surface area contributed by atoms with E-state index in [1.807, 2.05) is 19.1 Å². The average molecular weight is 452 g/mol. The molecule has 1 aromatic carbocycles. The number of nitrogens with one attached hydrogen (secondary N) is 1. The molecular weight excluding hydrogens is 418 g/mol. The lowest BCUT2D eigenvalue weighted by atomic mass is 10.1. The van der Waals surface area contributed by atoms with Gasteiger partial charge < -0.3 is 25.8 Å². The molecule has 0 spiro atoms. The standard InChI is InChI=1S/C24H33N7O2/c1-3-4-10-26-23-19(2)22(27-24(25)28-23)9-11-30(18-33)16-20-5-7-21(8-6-20)31-14-12-29(17-32)13-15-31/h5-9,11,17-18H,3-4,10,12-16H2,1-2H3,(H3,25,26,27,28)/b11-9-. The number of nitrogens with two attached hydrogens (primary N) is 1. The molecule has 2 aromatic rings. The second-order valence-corrected chi connectivity index (χ2v) is 8.11. The van der Waals surface area contributed by atoms with E-state index >= 15 is 0 Å². The summed E-state index contributed by atoms with van der Waals surface area (Å²) in [6.45, 7) is 8.44. The van der Waals surface area contributed by atoms with Gasteiger partial charge in [-0.05, 0) is 37.1 Å². The van der Waals surface area contributed by atoms with Gasteiger partial charge in [0.15, 0.2) is 0 Å². The Bertz CT molecular complexity index is 954. The molecule has 0 aliphatic carbocycles. The highest BCUT2D eigenvalue weighted by Crippen LogP contribution is 2.20. The van der Waals surface area contributed by atoms with Gasteiger partial charge in [-0.3, -0.25) is 9.59 Å². The minimum atomic E-state index is 0.196. The number of unbranched alkanes of at least 4 members (excludes halogenated alkanes) is 1. The van der Waals surface area contributed by atoms with Crippen molar-refractivity contribution in [1.29, 1.82) is 0 Å². The lowest BCUT2D eigenvalue weighted by Crippen LogP contribution is -2.45. The molecule has 2 amide bonds. The van der Waals surface area contributed by atoms with Gasteiger partial charge in [-0.1, -0.05) is 25.5 Å². The molecule has 3 N–H and O–H groups in total. The first-order valence-corrected chi connectivity index (χ1v) is 11.3. The van der Waals surface area contributed by atoms with Crippen LogP contribution in [0.25, 0.3) is 6.08 Å². The molecule has 1 aromatic heterocycles. The maximum absolute atomic E-state index is 11.7. The molecule has 3 rings (SSSR count). The van der Waals surface area contributed by atoms with E-state index in [1.54, 1.807) is 22.1 Å². The largest absolute Gasteiger partial charge is 0.370 e. The Labute approximate surface area is 195 Å². The van der Waals surface area contributed by atoms with Crippen LogP contribution in [-0.4, -0.2) is 65.3 Å². The van der Waals surface area contributed by atoms with E-state index in [1.165, 1.54) is 0 Å². The van der Waals surface area contributed by atoms with Gasteiger partial charge in [0.2, 0.25) is 18.8 Å². The molecule has 0 atom stereocenters. The van der Waals surface area contributed by atoms with Crippen molar-refractivity contribution in [3.05, 3.63) is 47.3 Å². The number of rotatable bonds is 11. The number of amides is 2. The third-order valence-corrected chi connectivity index (χ3v) is 5.71. The lowest BCUT2D eigenvalue weighted by molar-refractivity contribution is -0.118. The number of piperazine rings is 1. The van der Waals surface area contributed by atoms with Crippen LogP contribution in [0.1, 0.15) is 36.6 Å². The minimum absolute atomic E-state index is 0.196. The molecule has 1 aliphatic heterocycles. The summed E-state index contributed by atoms with van der Waals surface area (Å²) in [5, 5.41) is 3.30. The molecule has 2 heterocycles. The van der Waals surface area contributed by atoms with E-state index in [2.05, 4.69) is 39.2 Å². The molecule has 0 unspecified atom stereocenters. The normalized spacial score (nSPS) is 13.9. The van der Waals surface area contributed by atoms with Crippen LogP contribution in [0.3, 0.4) is 0 Å². The van der Waals surface area contributed by atoms with Crippen LogP contribution in [0, 0.1) is 6.92 Å². The Balaban J connectivity index is 1.63. The zero-order valence-corrected chi connectivity index (χ0v) is 19.4. The van der Waals surface area contributed by atoms with Gasteiger partial charge in [0.25, 0.3) is 0 Å². The highest BCUT2D eigenvalue weighted by molar-refractivity contribution is 5.61. The predicted molar refractivity (Wildman–Crippen MR) is 132 cm³/mol. The summed E-state index contributed by atoms with van der Waals surface area (Å²) >= 11 is 0. The number of hydrogen-bond donors (Lipinski definition) is 2. The van der Waals surface area contributed by atoms with Crippen LogP contribution in [0.5, 0.6) is 0 Å². The average Bonchev–Trinajstić information content (AvgIpc) is 2.84. The van der Waals surface area contributed by atoms with Crippen molar-refractivity contribution < 1.29 is 9.59 Å². The van der Waals surface area contributed by atoms with Crippen molar-refractivity contribution in [1.82, 2.24) is 19.8 Å². The zero-order chi connectivity index (χ0) is 23.6. The first kappa shape index (κ1) is 24.0. The monoisotopic (exact) mass is 451 g/mol. The van der Waals surface area contributed by atoms with E-state index in [0.29, 0.717) is 12.2 Å². The van der Waals surface area contributed by atoms with Crippen LogP contribution in [0.4, 0.5) is 17.5 Å². The fourth-order valence-corrected chi connectivity index (χ4v) is 3.67. The summed E-state index contributed by atoms with van der Waals surface area (Å²) in [5.41, 5.74) is 9.59.